The Morgan fingerprint density at radius 1 is 1.24 bits per heavy atom. The molecule has 3 aromatic rings. The summed E-state index contributed by atoms with van der Waals surface area (Å²) in [5.74, 6) is 0.555. The van der Waals surface area contributed by atoms with Gasteiger partial charge < -0.3 is 10.4 Å². The lowest BCUT2D eigenvalue weighted by atomic mass is 10.2. The lowest BCUT2D eigenvalue weighted by molar-refractivity contribution is 0.311. The third-order valence-corrected chi connectivity index (χ3v) is 3.35. The molecule has 0 amide bonds. The summed E-state index contributed by atoms with van der Waals surface area (Å²) in [6.07, 6.45) is 1.44. The highest BCUT2D eigenvalue weighted by Crippen LogP contribution is 2.19. The van der Waals surface area contributed by atoms with Gasteiger partial charge in [-0.15, -0.1) is 5.10 Å². The molecule has 0 spiro atoms. The molecule has 8 heteroatoms. The first-order chi connectivity index (χ1) is 10.3. The molecule has 0 saturated heterocycles. The van der Waals surface area contributed by atoms with Gasteiger partial charge in [-0.25, -0.2) is 14.6 Å². The van der Waals surface area contributed by atoms with Crippen LogP contribution in [0.25, 0.3) is 11.2 Å². The zero-order chi connectivity index (χ0) is 14.7. The molecular formula is C13H13ClN6O. The van der Waals surface area contributed by atoms with Crippen LogP contribution in [0.3, 0.4) is 0 Å². The van der Waals surface area contributed by atoms with Crippen molar-refractivity contribution in [2.45, 2.75) is 6.54 Å². The lowest BCUT2D eigenvalue weighted by Crippen LogP contribution is -2.08. The average molecular weight is 305 g/mol. The fraction of sp³-hybridized carbons (Fsp3) is 0.231. The van der Waals surface area contributed by atoms with Crippen LogP contribution in [0.5, 0.6) is 0 Å². The Bertz CT molecular complexity index is 759. The summed E-state index contributed by atoms with van der Waals surface area (Å²) in [7, 11) is 0. The van der Waals surface area contributed by atoms with Crippen molar-refractivity contribution >= 4 is 28.6 Å². The molecular weight excluding hydrogens is 292 g/mol. The molecule has 0 aliphatic rings. The fourth-order valence-corrected chi connectivity index (χ4v) is 2.19. The summed E-state index contributed by atoms with van der Waals surface area (Å²) in [5.41, 5.74) is 2.12. The smallest absolute Gasteiger partial charge is 0.184 e. The summed E-state index contributed by atoms with van der Waals surface area (Å²) >= 11 is 6.16. The van der Waals surface area contributed by atoms with E-state index < -0.39 is 0 Å². The Kier molecular flexibility index (Phi) is 3.94. The van der Waals surface area contributed by atoms with Crippen molar-refractivity contribution in [3.05, 3.63) is 41.2 Å². The third-order valence-electron chi connectivity index (χ3n) is 2.98. The normalized spacial score (nSPS) is 11.0. The van der Waals surface area contributed by atoms with Gasteiger partial charge in [0.2, 0.25) is 0 Å². The maximum Gasteiger partial charge on any atom is 0.184 e. The van der Waals surface area contributed by atoms with Crippen molar-refractivity contribution in [1.29, 1.82) is 0 Å². The second-order valence-electron chi connectivity index (χ2n) is 4.38. The van der Waals surface area contributed by atoms with Gasteiger partial charge in [-0.1, -0.05) is 35.0 Å². The summed E-state index contributed by atoms with van der Waals surface area (Å²) in [5, 5.41) is 20.7. The maximum absolute atomic E-state index is 8.87. The van der Waals surface area contributed by atoms with Gasteiger partial charge in [0.05, 0.1) is 13.2 Å². The van der Waals surface area contributed by atoms with Crippen LogP contribution in [0.4, 0.5) is 5.82 Å². The highest BCUT2D eigenvalue weighted by atomic mass is 35.5. The number of fused-ring (bicyclic) bond motifs is 1. The van der Waals surface area contributed by atoms with E-state index in [1.807, 2.05) is 24.3 Å². The van der Waals surface area contributed by atoms with Gasteiger partial charge in [-0.05, 0) is 11.6 Å². The first-order valence-electron chi connectivity index (χ1n) is 6.42. The monoisotopic (exact) mass is 304 g/mol. The lowest BCUT2D eigenvalue weighted by Gasteiger charge is -2.05. The number of benzene rings is 1. The van der Waals surface area contributed by atoms with E-state index in [4.69, 9.17) is 16.7 Å². The Labute approximate surface area is 125 Å². The van der Waals surface area contributed by atoms with Crippen LogP contribution >= 0.6 is 11.6 Å². The largest absolute Gasteiger partial charge is 0.395 e. The highest BCUT2D eigenvalue weighted by molar-refractivity contribution is 6.31. The van der Waals surface area contributed by atoms with E-state index in [-0.39, 0.29) is 6.61 Å². The van der Waals surface area contributed by atoms with Crippen LogP contribution in [0, 0.1) is 0 Å². The number of rotatable bonds is 5. The number of aliphatic hydroxyl groups is 1. The molecule has 1 aromatic carbocycles. The van der Waals surface area contributed by atoms with Gasteiger partial charge in [-0.3, -0.25) is 0 Å². The summed E-state index contributed by atoms with van der Waals surface area (Å²) in [6.45, 7) is 0.884. The topological polar surface area (TPSA) is 88.8 Å². The standard InChI is InChI=1S/C13H13ClN6O/c14-10-4-2-1-3-9(10)7-20-13-11(18-19-20)12(15-5-6-21)16-8-17-13/h1-4,8,21H,5-7H2,(H,15,16,17). The van der Waals surface area contributed by atoms with Crippen molar-refractivity contribution in [3.8, 4) is 0 Å². The number of halogens is 1. The first kappa shape index (κ1) is 13.7. The Morgan fingerprint density at radius 3 is 2.90 bits per heavy atom. The molecule has 21 heavy (non-hydrogen) atoms. The molecule has 0 aliphatic carbocycles. The van der Waals surface area contributed by atoms with Crippen LogP contribution in [0.15, 0.2) is 30.6 Å². The second kappa shape index (κ2) is 6.02. The quantitative estimate of drug-likeness (QED) is 0.739. The Morgan fingerprint density at radius 2 is 2.10 bits per heavy atom. The van der Waals surface area contributed by atoms with Crippen LogP contribution in [-0.4, -0.2) is 43.2 Å². The van der Waals surface area contributed by atoms with Crippen molar-refractivity contribution in [3.63, 3.8) is 0 Å². The van der Waals surface area contributed by atoms with Gasteiger partial charge in [0, 0.05) is 11.6 Å². The van der Waals surface area contributed by atoms with Crippen LogP contribution < -0.4 is 5.32 Å². The minimum absolute atomic E-state index is 0.0132. The van der Waals surface area contributed by atoms with Gasteiger partial charge in [-0.2, -0.15) is 0 Å². The van der Waals surface area contributed by atoms with Gasteiger partial charge in [0.25, 0.3) is 0 Å². The van der Waals surface area contributed by atoms with E-state index >= 15 is 0 Å². The van der Waals surface area contributed by atoms with Crippen molar-refractivity contribution in [2.24, 2.45) is 0 Å². The predicted octanol–water partition coefficient (Wildman–Crippen LogP) is 1.33. The maximum atomic E-state index is 8.87. The van der Waals surface area contributed by atoms with E-state index in [9.17, 15) is 0 Å². The number of nitrogens with zero attached hydrogens (tertiary/aromatic N) is 5. The molecule has 0 radical (unpaired) electrons. The number of nitrogens with one attached hydrogen (secondary N) is 1. The van der Waals surface area contributed by atoms with Crippen LogP contribution in [0.2, 0.25) is 5.02 Å². The van der Waals surface area contributed by atoms with Crippen LogP contribution in [0.1, 0.15) is 5.56 Å². The molecule has 2 N–H and O–H groups in total. The second-order valence-corrected chi connectivity index (χ2v) is 4.79. The molecule has 108 valence electrons. The number of hydrogen-bond acceptors (Lipinski definition) is 6. The highest BCUT2D eigenvalue weighted by Gasteiger charge is 2.12. The molecule has 2 heterocycles. The zero-order valence-corrected chi connectivity index (χ0v) is 11.8. The molecule has 0 saturated carbocycles. The molecule has 0 bridgehead atoms. The van der Waals surface area contributed by atoms with Crippen molar-refractivity contribution < 1.29 is 5.11 Å². The minimum atomic E-state index is 0.0132. The first-order valence-corrected chi connectivity index (χ1v) is 6.79. The fourth-order valence-electron chi connectivity index (χ4n) is 1.99. The molecule has 3 rings (SSSR count). The number of hydrogen-bond donors (Lipinski definition) is 2. The third kappa shape index (κ3) is 2.79. The molecule has 0 atom stereocenters. The van der Waals surface area contributed by atoms with Crippen molar-refractivity contribution in [2.75, 3.05) is 18.5 Å². The Hall–Kier alpha value is -2.25. The zero-order valence-electron chi connectivity index (χ0n) is 11.1. The molecule has 0 aliphatic heterocycles. The van der Waals surface area contributed by atoms with E-state index in [2.05, 4.69) is 25.6 Å². The van der Waals surface area contributed by atoms with E-state index in [0.717, 1.165) is 5.56 Å². The number of aromatic nitrogens is 5. The number of anilines is 1. The molecule has 7 nitrogen and oxygen atoms in total. The van der Waals surface area contributed by atoms with E-state index in [1.54, 1.807) is 4.68 Å². The SMILES string of the molecule is OCCNc1ncnc2c1nnn2Cc1ccccc1Cl. The van der Waals surface area contributed by atoms with Gasteiger partial charge in [0.15, 0.2) is 17.0 Å². The van der Waals surface area contributed by atoms with Gasteiger partial charge in [0.1, 0.15) is 6.33 Å². The predicted molar refractivity (Wildman–Crippen MR) is 79.2 cm³/mol. The summed E-state index contributed by atoms with van der Waals surface area (Å²) < 4.78 is 1.67. The van der Waals surface area contributed by atoms with Crippen molar-refractivity contribution in [1.82, 2.24) is 25.0 Å². The number of aliphatic hydroxyl groups excluding tert-OH is 1. The van der Waals surface area contributed by atoms with Gasteiger partial charge >= 0.3 is 0 Å². The summed E-state index contributed by atoms with van der Waals surface area (Å²) in [6, 6.07) is 7.56. The van der Waals surface area contributed by atoms with Crippen LogP contribution in [-0.2, 0) is 6.54 Å². The average Bonchev–Trinajstić information content (AvgIpc) is 2.91. The summed E-state index contributed by atoms with van der Waals surface area (Å²) in [4.78, 5) is 8.32. The molecule has 0 unspecified atom stereocenters. The Balaban J connectivity index is 1.95. The van der Waals surface area contributed by atoms with E-state index in [0.29, 0.717) is 35.1 Å². The molecule has 2 aromatic heterocycles. The minimum Gasteiger partial charge on any atom is -0.395 e. The molecule has 0 fully saturated rings. The van der Waals surface area contributed by atoms with E-state index in [1.165, 1.54) is 6.33 Å².